The van der Waals surface area contributed by atoms with Crippen molar-refractivity contribution in [3.63, 3.8) is 0 Å². The Hall–Kier alpha value is -2.46. The number of hydrogen-bond donors (Lipinski definition) is 2. The molecule has 1 heterocycles. The highest BCUT2D eigenvalue weighted by atomic mass is 35.5. The zero-order valence-electron chi connectivity index (χ0n) is 11.8. The topological polar surface area (TPSA) is 54.3 Å². The van der Waals surface area contributed by atoms with Gasteiger partial charge in [0.05, 0.1) is 6.26 Å². The van der Waals surface area contributed by atoms with Crippen molar-refractivity contribution in [1.29, 1.82) is 0 Å². The summed E-state index contributed by atoms with van der Waals surface area (Å²) in [5.41, 5.74) is 2.65. The summed E-state index contributed by atoms with van der Waals surface area (Å²) >= 11 is 5.80. The van der Waals surface area contributed by atoms with Gasteiger partial charge in [0.2, 0.25) is 0 Å². The van der Waals surface area contributed by atoms with Crippen LogP contribution in [0.25, 0.3) is 11.0 Å². The van der Waals surface area contributed by atoms with Crippen molar-refractivity contribution < 1.29 is 9.21 Å². The molecule has 3 rings (SSSR count). The second-order valence-electron chi connectivity index (χ2n) is 4.89. The first-order valence-corrected chi connectivity index (χ1v) is 7.36. The number of urea groups is 1. The van der Waals surface area contributed by atoms with E-state index in [4.69, 9.17) is 16.0 Å². The predicted molar refractivity (Wildman–Crippen MR) is 88.4 cm³/mol. The highest BCUT2D eigenvalue weighted by Gasteiger charge is 2.06. The normalized spacial score (nSPS) is 10.6. The lowest BCUT2D eigenvalue weighted by Crippen LogP contribution is -2.30. The summed E-state index contributed by atoms with van der Waals surface area (Å²) in [4.78, 5) is 11.8. The monoisotopic (exact) mass is 314 g/mol. The number of anilines is 1. The van der Waals surface area contributed by atoms with Crippen LogP contribution in [0.1, 0.15) is 5.56 Å². The minimum Gasteiger partial charge on any atom is -0.464 e. The lowest BCUT2D eigenvalue weighted by Gasteiger charge is -2.07. The Balaban J connectivity index is 1.52. The van der Waals surface area contributed by atoms with Gasteiger partial charge in [0.25, 0.3) is 0 Å². The molecule has 0 spiro atoms. The lowest BCUT2D eigenvalue weighted by atomic mass is 10.1. The fourth-order valence-electron chi connectivity index (χ4n) is 2.25. The van der Waals surface area contributed by atoms with Crippen LogP contribution in [0.2, 0.25) is 5.02 Å². The quantitative estimate of drug-likeness (QED) is 0.747. The number of carbonyl (C=O) groups excluding carboxylic acids is 1. The fourth-order valence-corrected chi connectivity index (χ4v) is 2.37. The van der Waals surface area contributed by atoms with E-state index in [2.05, 4.69) is 10.6 Å². The Bertz CT molecular complexity index is 781. The SMILES string of the molecule is O=C(NCCc1coc2ccccc12)Nc1ccc(Cl)cc1. The van der Waals surface area contributed by atoms with Crippen LogP contribution in [0.5, 0.6) is 0 Å². The van der Waals surface area contributed by atoms with Crippen molar-refractivity contribution in [1.82, 2.24) is 5.32 Å². The first-order chi connectivity index (χ1) is 10.7. The third-order valence-corrected chi connectivity index (χ3v) is 3.60. The van der Waals surface area contributed by atoms with Crippen LogP contribution < -0.4 is 10.6 Å². The van der Waals surface area contributed by atoms with Crippen molar-refractivity contribution in [2.45, 2.75) is 6.42 Å². The minimum atomic E-state index is -0.241. The number of furan rings is 1. The van der Waals surface area contributed by atoms with Crippen LogP contribution >= 0.6 is 11.6 Å². The molecule has 0 saturated carbocycles. The van der Waals surface area contributed by atoms with E-state index in [1.807, 2.05) is 24.3 Å². The zero-order valence-corrected chi connectivity index (χ0v) is 12.6. The number of carbonyl (C=O) groups is 1. The van der Waals surface area contributed by atoms with Crippen LogP contribution in [-0.2, 0) is 6.42 Å². The molecule has 0 saturated heterocycles. The molecule has 0 fully saturated rings. The first kappa shape index (κ1) is 14.5. The molecular formula is C17H15ClN2O2. The van der Waals surface area contributed by atoms with Gasteiger partial charge in [0.15, 0.2) is 0 Å². The van der Waals surface area contributed by atoms with Gasteiger partial charge < -0.3 is 15.1 Å². The Labute approximate surface area is 133 Å². The number of para-hydroxylation sites is 1. The zero-order chi connectivity index (χ0) is 15.4. The van der Waals surface area contributed by atoms with Crippen LogP contribution in [0.15, 0.2) is 59.2 Å². The molecule has 3 aromatic rings. The lowest BCUT2D eigenvalue weighted by molar-refractivity contribution is 0.252. The fraction of sp³-hybridized carbons (Fsp3) is 0.118. The van der Waals surface area contributed by atoms with Gasteiger partial charge in [-0.15, -0.1) is 0 Å². The molecule has 112 valence electrons. The molecule has 0 aliphatic heterocycles. The number of halogens is 1. The Kier molecular flexibility index (Phi) is 4.30. The summed E-state index contributed by atoms with van der Waals surface area (Å²) < 4.78 is 5.47. The van der Waals surface area contributed by atoms with Crippen LogP contribution in [-0.4, -0.2) is 12.6 Å². The molecule has 2 aromatic carbocycles. The average molecular weight is 315 g/mol. The molecule has 4 nitrogen and oxygen atoms in total. The molecule has 0 aliphatic rings. The second-order valence-corrected chi connectivity index (χ2v) is 5.33. The number of nitrogens with one attached hydrogen (secondary N) is 2. The molecule has 22 heavy (non-hydrogen) atoms. The first-order valence-electron chi connectivity index (χ1n) is 6.98. The molecule has 2 N–H and O–H groups in total. The van der Waals surface area contributed by atoms with Crippen molar-refractivity contribution >= 4 is 34.3 Å². The molecule has 5 heteroatoms. The van der Waals surface area contributed by atoms with Crippen LogP contribution in [0.3, 0.4) is 0 Å². The van der Waals surface area contributed by atoms with E-state index in [0.29, 0.717) is 23.7 Å². The Morgan fingerprint density at radius 3 is 2.68 bits per heavy atom. The van der Waals surface area contributed by atoms with Gasteiger partial charge in [-0.1, -0.05) is 29.8 Å². The molecular weight excluding hydrogens is 300 g/mol. The average Bonchev–Trinajstić information content (AvgIpc) is 2.93. The van der Waals surface area contributed by atoms with Gasteiger partial charge >= 0.3 is 6.03 Å². The third-order valence-electron chi connectivity index (χ3n) is 3.34. The largest absolute Gasteiger partial charge is 0.464 e. The van der Waals surface area contributed by atoms with Crippen molar-refractivity contribution in [3.05, 3.63) is 65.4 Å². The van der Waals surface area contributed by atoms with E-state index >= 15 is 0 Å². The maximum atomic E-state index is 11.8. The number of rotatable bonds is 4. The summed E-state index contributed by atoms with van der Waals surface area (Å²) in [5.74, 6) is 0. The maximum absolute atomic E-state index is 11.8. The van der Waals surface area contributed by atoms with E-state index < -0.39 is 0 Å². The summed E-state index contributed by atoms with van der Waals surface area (Å²) in [6.45, 7) is 0.531. The standard InChI is InChI=1S/C17H15ClN2O2/c18-13-5-7-14(8-6-13)20-17(21)19-10-9-12-11-22-16-4-2-1-3-15(12)16/h1-8,11H,9-10H2,(H2,19,20,21). The molecule has 0 aliphatic carbocycles. The summed E-state index contributed by atoms with van der Waals surface area (Å²) in [5, 5.41) is 7.30. The van der Waals surface area contributed by atoms with Crippen molar-refractivity contribution in [3.8, 4) is 0 Å². The van der Waals surface area contributed by atoms with Crippen molar-refractivity contribution in [2.75, 3.05) is 11.9 Å². The van der Waals surface area contributed by atoms with Crippen LogP contribution in [0.4, 0.5) is 10.5 Å². The smallest absolute Gasteiger partial charge is 0.319 e. The van der Waals surface area contributed by atoms with Crippen LogP contribution in [0, 0.1) is 0 Å². The molecule has 0 bridgehead atoms. The maximum Gasteiger partial charge on any atom is 0.319 e. The van der Waals surface area contributed by atoms with E-state index in [-0.39, 0.29) is 6.03 Å². The molecule has 0 radical (unpaired) electrons. The van der Waals surface area contributed by atoms with E-state index in [1.54, 1.807) is 30.5 Å². The predicted octanol–water partition coefficient (Wildman–Crippen LogP) is 4.45. The highest BCUT2D eigenvalue weighted by molar-refractivity contribution is 6.30. The van der Waals surface area contributed by atoms with Gasteiger partial charge in [-0.2, -0.15) is 0 Å². The third kappa shape index (κ3) is 3.40. The molecule has 2 amide bonds. The number of benzene rings is 2. The molecule has 1 aromatic heterocycles. The highest BCUT2D eigenvalue weighted by Crippen LogP contribution is 2.20. The van der Waals surface area contributed by atoms with Crippen molar-refractivity contribution in [2.24, 2.45) is 0 Å². The van der Waals surface area contributed by atoms with Gasteiger partial charge in [-0.25, -0.2) is 4.79 Å². The number of amides is 2. The van der Waals surface area contributed by atoms with Gasteiger partial charge in [-0.05, 0) is 42.3 Å². The molecule has 0 atom stereocenters. The summed E-state index contributed by atoms with van der Waals surface area (Å²) in [7, 11) is 0. The van der Waals surface area contributed by atoms with Gasteiger partial charge in [0.1, 0.15) is 5.58 Å². The number of fused-ring (bicyclic) bond motifs is 1. The summed E-state index contributed by atoms with van der Waals surface area (Å²) in [6.07, 6.45) is 2.45. The minimum absolute atomic E-state index is 0.241. The van der Waals surface area contributed by atoms with E-state index in [1.165, 1.54) is 0 Å². The van der Waals surface area contributed by atoms with E-state index in [9.17, 15) is 4.79 Å². The Morgan fingerprint density at radius 1 is 1.09 bits per heavy atom. The van der Waals surface area contributed by atoms with E-state index in [0.717, 1.165) is 16.5 Å². The molecule has 0 unspecified atom stereocenters. The van der Waals surface area contributed by atoms with Gasteiger partial charge in [0, 0.05) is 22.6 Å². The summed E-state index contributed by atoms with van der Waals surface area (Å²) in [6, 6.07) is 14.6. The second kappa shape index (κ2) is 6.54. The Morgan fingerprint density at radius 2 is 1.86 bits per heavy atom. The number of hydrogen-bond acceptors (Lipinski definition) is 2. The van der Waals surface area contributed by atoms with Gasteiger partial charge in [-0.3, -0.25) is 0 Å².